The number of hydrogen-bond acceptors (Lipinski definition) is 3. The highest BCUT2D eigenvalue weighted by molar-refractivity contribution is 5.96. The van der Waals surface area contributed by atoms with Crippen LogP contribution in [0.5, 0.6) is 0 Å². The van der Waals surface area contributed by atoms with Gasteiger partial charge in [0, 0.05) is 0 Å². The van der Waals surface area contributed by atoms with E-state index in [1.807, 2.05) is 42.5 Å². The number of carbonyl (C=O) groups is 1. The molecule has 0 heterocycles. The van der Waals surface area contributed by atoms with Crippen molar-refractivity contribution in [1.82, 2.24) is 5.43 Å². The third-order valence-corrected chi connectivity index (χ3v) is 2.04. The molecule has 0 saturated carbocycles. The molecule has 0 spiro atoms. The van der Waals surface area contributed by atoms with Crippen LogP contribution in [0.4, 0.5) is 4.79 Å². The molecule has 0 atom stereocenters. The molecule has 1 N–H and O–H groups in total. The van der Waals surface area contributed by atoms with Crippen LogP contribution in [0.25, 0.3) is 6.08 Å². The molecule has 0 fully saturated rings. The van der Waals surface area contributed by atoms with Crippen LogP contribution < -0.4 is 5.43 Å². The predicted molar refractivity (Wildman–Crippen MR) is 78.0 cm³/mol. The second-order valence-corrected chi connectivity index (χ2v) is 5.11. The summed E-state index contributed by atoms with van der Waals surface area (Å²) in [5, 5.41) is 3.93. The van der Waals surface area contributed by atoms with Crippen LogP contribution >= 0.6 is 0 Å². The molecule has 1 rings (SSSR count). The third-order valence-electron chi connectivity index (χ3n) is 2.04. The second kappa shape index (κ2) is 6.73. The van der Waals surface area contributed by atoms with E-state index >= 15 is 0 Å². The van der Waals surface area contributed by atoms with Crippen molar-refractivity contribution in [2.45, 2.75) is 33.3 Å². The Morgan fingerprint density at radius 1 is 1.26 bits per heavy atom. The average Bonchev–Trinajstić information content (AvgIpc) is 2.33. The molecule has 0 saturated heterocycles. The second-order valence-electron chi connectivity index (χ2n) is 5.11. The first-order valence-corrected chi connectivity index (χ1v) is 6.13. The normalized spacial score (nSPS) is 12.5. The SMILES string of the molecule is CC(/C=C/c1ccccc1)=N/NC(=O)OC(C)(C)C. The van der Waals surface area contributed by atoms with Gasteiger partial charge in [-0.25, -0.2) is 10.2 Å². The molecule has 0 aliphatic rings. The summed E-state index contributed by atoms with van der Waals surface area (Å²) in [6, 6.07) is 9.87. The van der Waals surface area contributed by atoms with E-state index in [9.17, 15) is 4.79 Å². The lowest BCUT2D eigenvalue weighted by molar-refractivity contribution is 0.0529. The van der Waals surface area contributed by atoms with Crippen LogP contribution in [0.2, 0.25) is 0 Å². The summed E-state index contributed by atoms with van der Waals surface area (Å²) in [6.45, 7) is 7.21. The summed E-state index contributed by atoms with van der Waals surface area (Å²) in [5.41, 5.74) is 3.60. The van der Waals surface area contributed by atoms with Gasteiger partial charge in [0.1, 0.15) is 5.60 Å². The topological polar surface area (TPSA) is 50.7 Å². The molecule has 4 heteroatoms. The van der Waals surface area contributed by atoms with Gasteiger partial charge in [0.15, 0.2) is 0 Å². The van der Waals surface area contributed by atoms with Gasteiger partial charge in [-0.05, 0) is 39.3 Å². The summed E-state index contributed by atoms with van der Waals surface area (Å²) in [4.78, 5) is 11.4. The number of hydrogen-bond donors (Lipinski definition) is 1. The van der Waals surface area contributed by atoms with Gasteiger partial charge in [-0.15, -0.1) is 0 Å². The van der Waals surface area contributed by atoms with Crippen molar-refractivity contribution in [3.63, 3.8) is 0 Å². The van der Waals surface area contributed by atoms with Gasteiger partial charge in [0.2, 0.25) is 0 Å². The summed E-state index contributed by atoms with van der Waals surface area (Å²) in [6.07, 6.45) is 3.20. The van der Waals surface area contributed by atoms with Crippen molar-refractivity contribution < 1.29 is 9.53 Å². The highest BCUT2D eigenvalue weighted by atomic mass is 16.6. The molecule has 0 aromatic heterocycles. The van der Waals surface area contributed by atoms with Crippen LogP contribution in [-0.4, -0.2) is 17.4 Å². The van der Waals surface area contributed by atoms with Crippen molar-refractivity contribution in [1.29, 1.82) is 0 Å². The van der Waals surface area contributed by atoms with Gasteiger partial charge in [0.05, 0.1) is 5.71 Å². The maximum atomic E-state index is 11.4. The lowest BCUT2D eigenvalue weighted by atomic mass is 10.2. The molecule has 1 aromatic carbocycles. The Balaban J connectivity index is 2.50. The maximum Gasteiger partial charge on any atom is 0.428 e. The summed E-state index contributed by atoms with van der Waals surface area (Å²) >= 11 is 0. The van der Waals surface area contributed by atoms with Crippen LogP contribution in [0.1, 0.15) is 33.3 Å². The molecule has 102 valence electrons. The van der Waals surface area contributed by atoms with Crippen LogP contribution in [0.15, 0.2) is 41.5 Å². The number of carbonyl (C=O) groups excluding carboxylic acids is 1. The predicted octanol–water partition coefficient (Wildman–Crippen LogP) is 3.60. The first-order valence-electron chi connectivity index (χ1n) is 6.13. The van der Waals surface area contributed by atoms with Gasteiger partial charge in [0.25, 0.3) is 0 Å². The van der Waals surface area contributed by atoms with Crippen LogP contribution in [0.3, 0.4) is 0 Å². The van der Waals surface area contributed by atoms with E-state index in [0.29, 0.717) is 5.71 Å². The Hall–Kier alpha value is -2.10. The molecule has 0 unspecified atom stereocenters. The highest BCUT2D eigenvalue weighted by Crippen LogP contribution is 2.06. The Kier molecular flexibility index (Phi) is 5.30. The van der Waals surface area contributed by atoms with E-state index in [0.717, 1.165) is 5.56 Å². The monoisotopic (exact) mass is 260 g/mol. The van der Waals surface area contributed by atoms with Crippen molar-refractivity contribution in [3.05, 3.63) is 42.0 Å². The van der Waals surface area contributed by atoms with Crippen molar-refractivity contribution in [3.8, 4) is 0 Å². The Labute approximate surface area is 114 Å². The quantitative estimate of drug-likeness (QED) is 0.667. The Bertz CT molecular complexity index is 471. The van der Waals surface area contributed by atoms with Gasteiger partial charge in [-0.2, -0.15) is 5.10 Å². The van der Waals surface area contributed by atoms with Gasteiger partial charge in [-0.1, -0.05) is 36.4 Å². The number of nitrogens with zero attached hydrogens (tertiary/aromatic N) is 1. The van der Waals surface area contributed by atoms with E-state index in [1.54, 1.807) is 27.7 Å². The van der Waals surface area contributed by atoms with E-state index in [1.165, 1.54) is 0 Å². The number of benzene rings is 1. The molecule has 4 nitrogen and oxygen atoms in total. The Morgan fingerprint density at radius 3 is 2.47 bits per heavy atom. The Morgan fingerprint density at radius 2 is 1.89 bits per heavy atom. The maximum absolute atomic E-state index is 11.4. The number of hydrazone groups is 1. The first-order chi connectivity index (χ1) is 8.87. The average molecular weight is 260 g/mol. The number of allylic oxidation sites excluding steroid dienone is 1. The van der Waals surface area contributed by atoms with Crippen LogP contribution in [0, 0.1) is 0 Å². The lowest BCUT2D eigenvalue weighted by Gasteiger charge is -2.18. The minimum atomic E-state index is -0.556. The highest BCUT2D eigenvalue weighted by Gasteiger charge is 2.15. The van der Waals surface area contributed by atoms with Crippen LogP contribution in [-0.2, 0) is 4.74 Å². The number of amides is 1. The van der Waals surface area contributed by atoms with Gasteiger partial charge >= 0.3 is 6.09 Å². The number of nitrogens with one attached hydrogen (secondary N) is 1. The molecule has 0 bridgehead atoms. The first kappa shape index (κ1) is 15.0. The van der Waals surface area contributed by atoms with E-state index in [4.69, 9.17) is 4.74 Å². The van der Waals surface area contributed by atoms with Gasteiger partial charge in [-0.3, -0.25) is 0 Å². The molecule has 0 radical (unpaired) electrons. The van der Waals surface area contributed by atoms with E-state index in [-0.39, 0.29) is 0 Å². The molecule has 1 amide bonds. The molecule has 0 aliphatic carbocycles. The molecular weight excluding hydrogens is 240 g/mol. The van der Waals surface area contributed by atoms with Crippen molar-refractivity contribution in [2.75, 3.05) is 0 Å². The van der Waals surface area contributed by atoms with E-state index < -0.39 is 11.7 Å². The minimum absolute atomic E-state index is 0.520. The fraction of sp³-hybridized carbons (Fsp3) is 0.333. The zero-order valence-electron chi connectivity index (χ0n) is 11.8. The fourth-order valence-corrected chi connectivity index (χ4v) is 1.25. The smallest absolute Gasteiger partial charge is 0.428 e. The lowest BCUT2D eigenvalue weighted by Crippen LogP contribution is -2.30. The summed E-state index contributed by atoms with van der Waals surface area (Å²) < 4.78 is 5.07. The summed E-state index contributed by atoms with van der Waals surface area (Å²) in [7, 11) is 0. The molecule has 0 aliphatic heterocycles. The standard InChI is InChI=1S/C15H20N2O2/c1-12(10-11-13-8-6-5-7-9-13)16-17-14(18)19-15(2,3)4/h5-11H,1-4H3,(H,17,18)/b11-10+,16-12-. The molecular formula is C15H20N2O2. The van der Waals surface area contributed by atoms with Crippen molar-refractivity contribution >= 4 is 17.9 Å². The molecule has 19 heavy (non-hydrogen) atoms. The third kappa shape index (κ3) is 7.03. The number of ether oxygens (including phenoxy) is 1. The molecule has 1 aromatic rings. The largest absolute Gasteiger partial charge is 0.443 e. The zero-order chi connectivity index (χ0) is 14.3. The zero-order valence-corrected chi connectivity index (χ0v) is 11.8. The van der Waals surface area contributed by atoms with Gasteiger partial charge < -0.3 is 4.74 Å². The van der Waals surface area contributed by atoms with E-state index in [2.05, 4.69) is 10.5 Å². The fourth-order valence-electron chi connectivity index (χ4n) is 1.25. The summed E-state index contributed by atoms with van der Waals surface area (Å²) in [5.74, 6) is 0. The van der Waals surface area contributed by atoms with Crippen molar-refractivity contribution in [2.24, 2.45) is 5.10 Å². The number of rotatable bonds is 3. The minimum Gasteiger partial charge on any atom is -0.443 e.